The second-order valence-electron chi connectivity index (χ2n) is 9.03. The molecule has 0 radical (unpaired) electrons. The second kappa shape index (κ2) is 16.8. The molecule has 0 aliphatic rings. The molecule has 0 heterocycles. The lowest BCUT2D eigenvalue weighted by molar-refractivity contribution is -0.870. The fourth-order valence-corrected chi connectivity index (χ4v) is 3.63. The molecule has 0 bridgehead atoms. The molecule has 0 saturated carbocycles. The van der Waals surface area contributed by atoms with E-state index in [4.69, 9.17) is 9.05 Å². The second-order valence-corrected chi connectivity index (χ2v) is 10.5. The Balaban J connectivity index is 4.40. The molecule has 1 unspecified atom stereocenters. The molecule has 8 nitrogen and oxygen atoms in total. The van der Waals surface area contributed by atoms with Crippen molar-refractivity contribution in [3.05, 3.63) is 12.2 Å². The normalized spacial score (nSPS) is 16.2. The molecular weight excluding hydrogens is 419 g/mol. The molecule has 3 N–H and O–H groups in total. The van der Waals surface area contributed by atoms with Gasteiger partial charge in [-0.2, -0.15) is 0 Å². The molecule has 1 amide bonds. The predicted octanol–water partition coefficient (Wildman–Crippen LogP) is 3.78. The van der Waals surface area contributed by atoms with Crippen LogP contribution in [0.15, 0.2) is 12.2 Å². The van der Waals surface area contributed by atoms with E-state index in [2.05, 4.69) is 12.2 Å². The van der Waals surface area contributed by atoms with Gasteiger partial charge in [-0.25, -0.2) is 4.57 Å². The number of rotatable bonds is 19. The van der Waals surface area contributed by atoms with Gasteiger partial charge in [-0.1, -0.05) is 64.0 Å². The Kier molecular flexibility index (Phi) is 16.4. The number of nitrogens with one attached hydrogen (secondary N) is 1. The first-order valence-corrected chi connectivity index (χ1v) is 13.0. The van der Waals surface area contributed by atoms with Gasteiger partial charge in [0.05, 0.1) is 39.9 Å². The number of phosphoric ester groups is 1. The van der Waals surface area contributed by atoms with Gasteiger partial charge >= 0.3 is 7.82 Å². The van der Waals surface area contributed by atoms with Gasteiger partial charge < -0.3 is 19.8 Å². The van der Waals surface area contributed by atoms with Crippen molar-refractivity contribution < 1.29 is 32.9 Å². The van der Waals surface area contributed by atoms with E-state index < -0.39 is 20.0 Å². The zero-order valence-electron chi connectivity index (χ0n) is 20.2. The summed E-state index contributed by atoms with van der Waals surface area (Å²) in [4.78, 5) is 22.2. The van der Waals surface area contributed by atoms with Crippen LogP contribution in [0.1, 0.15) is 71.6 Å². The van der Waals surface area contributed by atoms with E-state index in [9.17, 15) is 19.4 Å². The molecule has 9 heteroatoms. The standard InChI is InChI=1S/C22H45N2O6P/c1-6-8-9-10-11-12-13-14-16-22(26)23-20(21(25)15-7-2)19-30-31(27,28)29-18-17-24(3,4)5/h7,15,20-21,25H,6,8-14,16-19H2,1-5H3,(H-,23,26,27,28)/p+1/b15-7-/t20-,21+/m0/s1. The van der Waals surface area contributed by atoms with E-state index in [0.717, 1.165) is 19.3 Å². The largest absolute Gasteiger partial charge is 0.472 e. The van der Waals surface area contributed by atoms with E-state index in [1.165, 1.54) is 38.2 Å². The van der Waals surface area contributed by atoms with Crippen LogP contribution >= 0.6 is 7.82 Å². The predicted molar refractivity (Wildman–Crippen MR) is 125 cm³/mol. The molecule has 0 aliphatic carbocycles. The zero-order chi connectivity index (χ0) is 23.8. The Morgan fingerprint density at radius 3 is 2.19 bits per heavy atom. The van der Waals surface area contributed by atoms with Crippen molar-refractivity contribution in [1.82, 2.24) is 5.32 Å². The number of phosphoric acid groups is 1. The van der Waals surface area contributed by atoms with Gasteiger partial charge in [-0.3, -0.25) is 13.8 Å². The summed E-state index contributed by atoms with van der Waals surface area (Å²) >= 11 is 0. The first kappa shape index (κ1) is 30.2. The van der Waals surface area contributed by atoms with Crippen LogP contribution in [0.4, 0.5) is 0 Å². The third-order valence-corrected chi connectivity index (χ3v) is 5.82. The molecular formula is C22H46N2O6P+. The van der Waals surface area contributed by atoms with Gasteiger partial charge in [0.15, 0.2) is 0 Å². The number of hydrogen-bond acceptors (Lipinski definition) is 5. The molecule has 0 saturated heterocycles. The monoisotopic (exact) mass is 465 g/mol. The van der Waals surface area contributed by atoms with Crippen molar-refractivity contribution in [3.63, 3.8) is 0 Å². The highest BCUT2D eigenvalue weighted by Gasteiger charge is 2.27. The lowest BCUT2D eigenvalue weighted by Gasteiger charge is -2.25. The van der Waals surface area contributed by atoms with E-state index in [1.54, 1.807) is 13.0 Å². The maximum Gasteiger partial charge on any atom is 0.472 e. The van der Waals surface area contributed by atoms with Gasteiger partial charge in [0, 0.05) is 6.42 Å². The number of nitrogens with zero attached hydrogens (tertiary/aromatic N) is 1. The number of quaternary nitrogens is 1. The third-order valence-electron chi connectivity index (χ3n) is 4.84. The van der Waals surface area contributed by atoms with Gasteiger partial charge in [0.1, 0.15) is 13.2 Å². The lowest BCUT2D eigenvalue weighted by atomic mass is 10.1. The van der Waals surface area contributed by atoms with Crippen LogP contribution in [-0.2, 0) is 18.4 Å². The van der Waals surface area contributed by atoms with Crippen LogP contribution in [0.2, 0.25) is 0 Å². The highest BCUT2D eigenvalue weighted by atomic mass is 31.2. The summed E-state index contributed by atoms with van der Waals surface area (Å²) in [6.07, 6.45) is 11.6. The third kappa shape index (κ3) is 18.5. The quantitative estimate of drug-likeness (QED) is 0.116. The van der Waals surface area contributed by atoms with Crippen molar-refractivity contribution >= 4 is 13.7 Å². The number of aliphatic hydroxyl groups excluding tert-OH is 1. The summed E-state index contributed by atoms with van der Waals surface area (Å²) in [5.41, 5.74) is 0. The highest BCUT2D eigenvalue weighted by molar-refractivity contribution is 7.47. The van der Waals surface area contributed by atoms with Crippen molar-refractivity contribution in [2.75, 3.05) is 40.9 Å². The van der Waals surface area contributed by atoms with Crippen LogP contribution < -0.4 is 5.32 Å². The Morgan fingerprint density at radius 1 is 1.06 bits per heavy atom. The van der Waals surface area contributed by atoms with Gasteiger partial charge in [0.25, 0.3) is 0 Å². The number of amides is 1. The van der Waals surface area contributed by atoms with E-state index >= 15 is 0 Å². The van der Waals surface area contributed by atoms with Crippen molar-refractivity contribution in [1.29, 1.82) is 0 Å². The Morgan fingerprint density at radius 2 is 1.65 bits per heavy atom. The smallest absolute Gasteiger partial charge is 0.387 e. The number of carbonyl (C=O) groups is 1. The first-order chi connectivity index (χ1) is 14.5. The number of allylic oxidation sites excluding steroid dienone is 1. The van der Waals surface area contributed by atoms with Gasteiger partial charge in [0.2, 0.25) is 5.91 Å². The molecule has 0 rings (SSSR count). The lowest BCUT2D eigenvalue weighted by Crippen LogP contribution is -2.45. The molecule has 0 aromatic heterocycles. The summed E-state index contributed by atoms with van der Waals surface area (Å²) in [5.74, 6) is -0.207. The topological polar surface area (TPSA) is 105 Å². The van der Waals surface area contributed by atoms with E-state index in [-0.39, 0.29) is 19.1 Å². The molecule has 0 spiro atoms. The maximum absolute atomic E-state index is 12.3. The van der Waals surface area contributed by atoms with Crippen LogP contribution in [0.5, 0.6) is 0 Å². The highest BCUT2D eigenvalue weighted by Crippen LogP contribution is 2.43. The summed E-state index contributed by atoms with van der Waals surface area (Å²) in [7, 11) is 1.55. The molecule has 3 atom stereocenters. The minimum absolute atomic E-state index is 0.0597. The number of likely N-dealkylation sites (N-methyl/N-ethyl adjacent to an activating group) is 1. The first-order valence-electron chi connectivity index (χ1n) is 11.5. The molecule has 0 fully saturated rings. The number of hydrogen-bond donors (Lipinski definition) is 3. The van der Waals surface area contributed by atoms with E-state index in [0.29, 0.717) is 17.4 Å². The Bertz CT molecular complexity index is 551. The maximum atomic E-state index is 12.3. The van der Waals surface area contributed by atoms with Crippen LogP contribution in [-0.4, -0.2) is 73.4 Å². The molecule has 31 heavy (non-hydrogen) atoms. The SMILES string of the molecule is C/C=C\[C@@H](O)[C@H](COP(=O)(O)OCC[N+](C)(C)C)NC(=O)CCCCCCCCCC. The van der Waals surface area contributed by atoms with Gasteiger partial charge in [-0.05, 0) is 13.3 Å². The average Bonchev–Trinajstić information content (AvgIpc) is 2.66. The van der Waals surface area contributed by atoms with Crippen molar-refractivity contribution in [3.8, 4) is 0 Å². The van der Waals surface area contributed by atoms with Crippen LogP contribution in [0.3, 0.4) is 0 Å². The van der Waals surface area contributed by atoms with Crippen molar-refractivity contribution in [2.24, 2.45) is 0 Å². The average molecular weight is 466 g/mol. The van der Waals surface area contributed by atoms with Gasteiger partial charge in [-0.15, -0.1) is 0 Å². The fourth-order valence-electron chi connectivity index (χ4n) is 2.90. The summed E-state index contributed by atoms with van der Waals surface area (Å²) in [6.45, 7) is 4.21. The van der Waals surface area contributed by atoms with Crippen LogP contribution in [0, 0.1) is 0 Å². The zero-order valence-corrected chi connectivity index (χ0v) is 21.1. The fraction of sp³-hybridized carbons (Fsp3) is 0.864. The van der Waals surface area contributed by atoms with Crippen LogP contribution in [0.25, 0.3) is 0 Å². The Labute approximate surface area is 189 Å². The molecule has 184 valence electrons. The summed E-state index contributed by atoms with van der Waals surface area (Å²) in [6, 6.07) is -0.833. The molecule has 0 aromatic carbocycles. The minimum atomic E-state index is -4.27. The number of aliphatic hydroxyl groups is 1. The number of carbonyl (C=O) groups excluding carboxylic acids is 1. The molecule has 0 aliphatic heterocycles. The minimum Gasteiger partial charge on any atom is -0.387 e. The molecule has 0 aromatic rings. The van der Waals surface area contributed by atoms with Crippen molar-refractivity contribution in [2.45, 2.75) is 83.8 Å². The number of unbranched alkanes of at least 4 members (excludes halogenated alkanes) is 7. The van der Waals surface area contributed by atoms with E-state index in [1.807, 2.05) is 21.1 Å². The summed E-state index contributed by atoms with van der Waals surface area (Å²) < 4.78 is 22.7. The summed E-state index contributed by atoms with van der Waals surface area (Å²) in [5, 5.41) is 13.0. The Hall–Kier alpha value is -0.760.